The van der Waals surface area contributed by atoms with Gasteiger partial charge in [0.2, 0.25) is 11.7 Å². The van der Waals surface area contributed by atoms with Crippen LogP contribution in [0.4, 0.5) is 22.0 Å². The number of hydrogen-bond acceptors (Lipinski definition) is 6. The van der Waals surface area contributed by atoms with Crippen LogP contribution in [0.15, 0.2) is 16.7 Å². The fourth-order valence-corrected chi connectivity index (χ4v) is 2.60. The van der Waals surface area contributed by atoms with Gasteiger partial charge in [0.1, 0.15) is 6.61 Å². The number of rotatable bonds is 7. The van der Waals surface area contributed by atoms with Crippen LogP contribution in [0.1, 0.15) is 24.1 Å². The van der Waals surface area contributed by atoms with E-state index in [-0.39, 0.29) is 23.7 Å². The predicted octanol–water partition coefficient (Wildman–Crippen LogP) is 3.75. The Balaban J connectivity index is 2.11. The van der Waals surface area contributed by atoms with Crippen molar-refractivity contribution in [2.75, 3.05) is 6.61 Å². The topological polar surface area (TPSA) is 68.5 Å². The molecule has 0 aromatic carbocycles. The molecule has 0 spiro atoms. The lowest BCUT2D eigenvalue weighted by Crippen LogP contribution is -2.31. The molecule has 0 aliphatic carbocycles. The van der Waals surface area contributed by atoms with E-state index in [0.717, 1.165) is 16.4 Å². The van der Waals surface area contributed by atoms with Gasteiger partial charge in [-0.3, -0.25) is 9.63 Å². The maximum Gasteiger partial charge on any atom is 0.471 e. The van der Waals surface area contributed by atoms with E-state index in [1.165, 1.54) is 12.1 Å². The van der Waals surface area contributed by atoms with Gasteiger partial charge in [-0.1, -0.05) is 12.1 Å². The van der Waals surface area contributed by atoms with Crippen LogP contribution in [0, 0.1) is 0 Å². The molecule has 2 aromatic heterocycles. The third-order valence-corrected chi connectivity index (χ3v) is 3.85. The van der Waals surface area contributed by atoms with Gasteiger partial charge in [0, 0.05) is 11.3 Å². The molecule has 0 radical (unpaired) electrons. The van der Waals surface area contributed by atoms with Crippen molar-refractivity contribution in [1.82, 2.24) is 15.2 Å². The maximum absolute atomic E-state index is 12.5. The van der Waals surface area contributed by atoms with Crippen LogP contribution in [0.2, 0.25) is 0 Å². The predicted molar refractivity (Wildman–Crippen MR) is 75.4 cm³/mol. The average Bonchev–Trinajstić information content (AvgIpc) is 3.18. The summed E-state index contributed by atoms with van der Waals surface area (Å²) < 4.78 is 66.0. The number of thiophene rings is 1. The first-order chi connectivity index (χ1) is 11.7. The molecular weight excluding hydrogens is 373 g/mol. The van der Waals surface area contributed by atoms with Crippen LogP contribution < -0.4 is 0 Å². The molecule has 12 heteroatoms. The minimum atomic E-state index is -4.75. The summed E-state index contributed by atoms with van der Waals surface area (Å²) in [5.41, 5.74) is 0. The molecule has 0 aliphatic heterocycles. The molecule has 0 fully saturated rings. The first-order valence-electron chi connectivity index (χ1n) is 6.92. The van der Waals surface area contributed by atoms with Gasteiger partial charge in [-0.05, 0) is 12.1 Å². The molecular formula is C13H12F5N3O3S. The SMILES string of the molecule is CCC(=O)N(Cc1ccc(-c2noc(C(F)(F)F)n2)s1)OCC(F)F. The van der Waals surface area contributed by atoms with Crippen molar-refractivity contribution in [3.05, 3.63) is 22.9 Å². The van der Waals surface area contributed by atoms with Crippen LogP contribution in [0.5, 0.6) is 0 Å². The second kappa shape index (κ2) is 7.87. The molecule has 0 atom stereocenters. The Morgan fingerprint density at radius 1 is 1.40 bits per heavy atom. The monoisotopic (exact) mass is 385 g/mol. The molecule has 2 rings (SSSR count). The van der Waals surface area contributed by atoms with E-state index in [2.05, 4.69) is 14.7 Å². The van der Waals surface area contributed by atoms with Crippen LogP contribution in [-0.2, 0) is 22.4 Å². The molecule has 0 bridgehead atoms. The Kier molecular flexibility index (Phi) is 6.06. The molecule has 0 unspecified atom stereocenters. The number of hydroxylamine groups is 2. The minimum Gasteiger partial charge on any atom is -0.329 e. The molecule has 0 saturated heterocycles. The number of nitrogens with zero attached hydrogens (tertiary/aromatic N) is 3. The van der Waals surface area contributed by atoms with Crippen LogP contribution >= 0.6 is 11.3 Å². The molecule has 2 heterocycles. The number of carbonyl (C=O) groups excluding carboxylic acids is 1. The number of hydrogen-bond donors (Lipinski definition) is 0. The highest BCUT2D eigenvalue weighted by molar-refractivity contribution is 7.15. The summed E-state index contributed by atoms with van der Waals surface area (Å²) in [5, 5.41) is 4.04. The Morgan fingerprint density at radius 2 is 2.12 bits per heavy atom. The van der Waals surface area contributed by atoms with E-state index < -0.39 is 31.0 Å². The van der Waals surface area contributed by atoms with Gasteiger partial charge in [-0.2, -0.15) is 18.2 Å². The largest absolute Gasteiger partial charge is 0.471 e. The summed E-state index contributed by atoms with van der Waals surface area (Å²) >= 11 is 0.987. The van der Waals surface area contributed by atoms with Crippen molar-refractivity contribution in [3.63, 3.8) is 0 Å². The number of alkyl halides is 5. The lowest BCUT2D eigenvalue weighted by atomic mass is 10.4. The quantitative estimate of drug-likeness (QED) is 0.536. The van der Waals surface area contributed by atoms with E-state index in [4.69, 9.17) is 4.84 Å². The summed E-state index contributed by atoms with van der Waals surface area (Å²) in [4.78, 5) is 20.5. The summed E-state index contributed by atoms with van der Waals surface area (Å²) in [7, 11) is 0. The summed E-state index contributed by atoms with van der Waals surface area (Å²) in [6.45, 7) is 0.469. The van der Waals surface area contributed by atoms with Crippen molar-refractivity contribution < 1.29 is 36.1 Å². The highest BCUT2D eigenvalue weighted by Crippen LogP contribution is 2.32. The van der Waals surface area contributed by atoms with Crippen molar-refractivity contribution >= 4 is 17.2 Å². The van der Waals surface area contributed by atoms with Crippen LogP contribution in [0.25, 0.3) is 10.7 Å². The number of carbonyl (C=O) groups is 1. The average molecular weight is 385 g/mol. The standard InChI is InChI=1S/C13H12F5N3O3S/c1-2-10(22)21(23-6-9(14)15)5-7-3-4-8(25-7)11-19-12(24-20-11)13(16,17)18/h3-4,9H,2,5-6H2,1H3. The van der Waals surface area contributed by atoms with E-state index >= 15 is 0 Å². The zero-order chi connectivity index (χ0) is 18.6. The second-order valence-electron chi connectivity index (χ2n) is 4.66. The second-order valence-corrected chi connectivity index (χ2v) is 5.83. The van der Waals surface area contributed by atoms with E-state index in [1.807, 2.05) is 0 Å². The third kappa shape index (κ3) is 5.19. The summed E-state index contributed by atoms with van der Waals surface area (Å²) in [5.74, 6) is -2.24. The van der Waals surface area contributed by atoms with E-state index in [0.29, 0.717) is 4.88 Å². The normalized spacial score (nSPS) is 12.0. The first kappa shape index (κ1) is 19.2. The van der Waals surface area contributed by atoms with Gasteiger partial charge in [-0.25, -0.2) is 13.8 Å². The zero-order valence-electron chi connectivity index (χ0n) is 12.7. The highest BCUT2D eigenvalue weighted by atomic mass is 32.1. The molecule has 1 amide bonds. The fourth-order valence-electron chi connectivity index (χ4n) is 1.69. The van der Waals surface area contributed by atoms with Crippen molar-refractivity contribution in [3.8, 4) is 10.7 Å². The summed E-state index contributed by atoms with van der Waals surface area (Å²) in [6.07, 6.45) is -7.45. The van der Waals surface area contributed by atoms with E-state index in [1.54, 1.807) is 6.92 Å². The van der Waals surface area contributed by atoms with Gasteiger partial charge in [0.25, 0.3) is 6.43 Å². The van der Waals surface area contributed by atoms with Gasteiger partial charge in [0.15, 0.2) is 0 Å². The van der Waals surface area contributed by atoms with Crippen molar-refractivity contribution in [2.45, 2.75) is 32.5 Å². The molecule has 6 nitrogen and oxygen atoms in total. The fraction of sp³-hybridized carbons (Fsp3) is 0.462. The Morgan fingerprint density at radius 3 is 2.68 bits per heavy atom. The molecule has 138 valence electrons. The molecule has 0 N–H and O–H groups in total. The van der Waals surface area contributed by atoms with Gasteiger partial charge < -0.3 is 4.52 Å². The van der Waals surface area contributed by atoms with Gasteiger partial charge >= 0.3 is 12.1 Å². The number of halogens is 5. The van der Waals surface area contributed by atoms with Crippen LogP contribution in [0.3, 0.4) is 0 Å². The highest BCUT2D eigenvalue weighted by Gasteiger charge is 2.38. The molecule has 0 aliphatic rings. The molecule has 2 aromatic rings. The maximum atomic E-state index is 12.5. The molecule has 25 heavy (non-hydrogen) atoms. The zero-order valence-corrected chi connectivity index (χ0v) is 13.5. The lowest BCUT2D eigenvalue weighted by molar-refractivity contribution is -0.201. The van der Waals surface area contributed by atoms with Gasteiger partial charge in [-0.15, -0.1) is 11.3 Å². The molecule has 0 saturated carbocycles. The Hall–Kier alpha value is -2.08. The minimum absolute atomic E-state index is 0.0429. The van der Waals surface area contributed by atoms with E-state index in [9.17, 15) is 26.7 Å². The first-order valence-corrected chi connectivity index (χ1v) is 7.73. The van der Waals surface area contributed by atoms with Crippen LogP contribution in [-0.4, -0.2) is 34.1 Å². The third-order valence-electron chi connectivity index (χ3n) is 2.79. The smallest absolute Gasteiger partial charge is 0.329 e. The number of amides is 1. The van der Waals surface area contributed by atoms with Gasteiger partial charge in [0.05, 0.1) is 11.4 Å². The van der Waals surface area contributed by atoms with Crippen molar-refractivity contribution in [1.29, 1.82) is 0 Å². The Bertz CT molecular complexity index is 716. The van der Waals surface area contributed by atoms with Crippen molar-refractivity contribution in [2.24, 2.45) is 0 Å². The Labute approximate surface area is 142 Å². The summed E-state index contributed by atoms with van der Waals surface area (Å²) in [6, 6.07) is 2.94. The number of aromatic nitrogens is 2. The lowest BCUT2D eigenvalue weighted by Gasteiger charge is -2.20.